The van der Waals surface area contributed by atoms with Crippen LogP contribution in [0.4, 0.5) is 5.13 Å². The Balaban J connectivity index is 0.000000167. The minimum atomic E-state index is -0.896. The van der Waals surface area contributed by atoms with Crippen molar-refractivity contribution in [1.29, 1.82) is 0 Å². The number of hydrogen-bond acceptors (Lipinski definition) is 5. The molecular weight excluding hydrogens is 378 g/mol. The highest BCUT2D eigenvalue weighted by Crippen LogP contribution is 2.29. The van der Waals surface area contributed by atoms with Crippen LogP contribution >= 0.6 is 11.3 Å². The van der Waals surface area contributed by atoms with E-state index in [1.165, 1.54) is 17.5 Å². The second-order valence-electron chi connectivity index (χ2n) is 5.81. The molecule has 142 valence electrons. The number of thiazole rings is 1. The van der Waals surface area contributed by atoms with Crippen LogP contribution in [0.25, 0.3) is 22.2 Å². The van der Waals surface area contributed by atoms with Gasteiger partial charge in [-0.15, -0.1) is 11.3 Å². The molecule has 0 aliphatic carbocycles. The van der Waals surface area contributed by atoms with Crippen LogP contribution in [-0.2, 0) is 11.2 Å². The summed E-state index contributed by atoms with van der Waals surface area (Å²) in [7, 11) is 0. The molecule has 0 amide bonds. The summed E-state index contributed by atoms with van der Waals surface area (Å²) in [6.45, 7) is 0. The van der Waals surface area contributed by atoms with E-state index in [-0.39, 0.29) is 6.42 Å². The fraction of sp³-hybridized carbons (Fsp3) is 0.0500. The number of nitrogens with two attached hydrogens (primary N) is 1. The van der Waals surface area contributed by atoms with Crippen molar-refractivity contribution in [2.45, 2.75) is 6.42 Å². The van der Waals surface area contributed by atoms with E-state index in [1.807, 2.05) is 48.5 Å². The number of hydrogen-bond donors (Lipinski definition) is 4. The van der Waals surface area contributed by atoms with Crippen LogP contribution < -0.4 is 5.73 Å². The lowest BCUT2D eigenvalue weighted by Gasteiger charge is -1.99. The monoisotopic (exact) mass is 395 g/mol. The third-order valence-electron chi connectivity index (χ3n) is 3.89. The molecule has 0 unspecified atom stereocenters. The molecule has 4 rings (SSSR count). The Morgan fingerprint density at radius 2 is 1.71 bits per heavy atom. The Bertz CT molecular complexity index is 1120. The molecule has 0 saturated heterocycles. The largest absolute Gasteiger partial charge is 0.481 e. The van der Waals surface area contributed by atoms with E-state index in [4.69, 9.17) is 15.9 Å². The third kappa shape index (κ3) is 4.36. The average Bonchev–Trinajstić information content (AvgIpc) is 3.26. The highest BCUT2D eigenvalue weighted by atomic mass is 32.1. The van der Waals surface area contributed by atoms with Gasteiger partial charge in [0.15, 0.2) is 5.13 Å². The van der Waals surface area contributed by atoms with Crippen LogP contribution in [0.15, 0.2) is 60.8 Å². The molecule has 0 bridgehead atoms. The number of benzene rings is 2. The van der Waals surface area contributed by atoms with Gasteiger partial charge in [-0.1, -0.05) is 48.5 Å². The number of aromatic nitrogens is 2. The van der Waals surface area contributed by atoms with Gasteiger partial charge in [0.2, 0.25) is 0 Å². The first-order valence-corrected chi connectivity index (χ1v) is 9.09. The molecule has 8 heteroatoms. The van der Waals surface area contributed by atoms with E-state index >= 15 is 0 Å². The van der Waals surface area contributed by atoms with Crippen LogP contribution in [-0.4, -0.2) is 32.1 Å². The summed E-state index contributed by atoms with van der Waals surface area (Å²) in [4.78, 5) is 29.1. The number of fused-ring (bicyclic) bond motifs is 1. The highest BCUT2D eigenvalue weighted by Gasteiger charge is 2.14. The Kier molecular flexibility index (Phi) is 5.71. The first-order chi connectivity index (χ1) is 13.5. The van der Waals surface area contributed by atoms with Crippen molar-refractivity contribution >= 4 is 39.3 Å². The lowest BCUT2D eigenvalue weighted by Crippen LogP contribution is -1.99. The predicted molar refractivity (Wildman–Crippen MR) is 109 cm³/mol. The molecule has 0 atom stereocenters. The molecular formula is C20H17N3O4S. The van der Waals surface area contributed by atoms with E-state index in [2.05, 4.69) is 9.97 Å². The van der Waals surface area contributed by atoms with E-state index in [0.717, 1.165) is 16.5 Å². The van der Waals surface area contributed by atoms with Gasteiger partial charge in [0.25, 0.3) is 0 Å². The van der Waals surface area contributed by atoms with Gasteiger partial charge in [-0.3, -0.25) is 4.79 Å². The van der Waals surface area contributed by atoms with Crippen LogP contribution in [0.1, 0.15) is 15.2 Å². The zero-order valence-corrected chi connectivity index (χ0v) is 15.4. The zero-order valence-electron chi connectivity index (χ0n) is 14.6. The quantitative estimate of drug-likeness (QED) is 0.415. The number of nitrogens with zero attached hydrogens (tertiary/aromatic N) is 1. The maximum atomic E-state index is 10.7. The molecule has 4 aromatic rings. The fourth-order valence-corrected chi connectivity index (χ4v) is 3.54. The number of rotatable bonds is 4. The molecule has 0 radical (unpaired) electrons. The maximum absolute atomic E-state index is 10.7. The molecule has 7 nitrogen and oxygen atoms in total. The normalized spacial score (nSPS) is 10.3. The van der Waals surface area contributed by atoms with Gasteiger partial charge >= 0.3 is 11.9 Å². The summed E-state index contributed by atoms with van der Waals surface area (Å²) in [5.41, 5.74) is 8.35. The summed E-state index contributed by atoms with van der Waals surface area (Å²) < 4.78 is 0. The molecule has 2 heterocycles. The van der Waals surface area contributed by atoms with E-state index < -0.39 is 11.9 Å². The number of carbonyl (C=O) groups is 2. The molecule has 0 fully saturated rings. The molecule has 0 aliphatic heterocycles. The number of nitrogens with one attached hydrogen (secondary N) is 1. The van der Waals surface area contributed by atoms with Gasteiger partial charge in [0.05, 0.1) is 17.7 Å². The van der Waals surface area contributed by atoms with E-state index in [9.17, 15) is 9.59 Å². The Labute approximate surface area is 164 Å². The summed E-state index contributed by atoms with van der Waals surface area (Å²) in [6, 6.07) is 16.8. The summed E-state index contributed by atoms with van der Waals surface area (Å²) >= 11 is 1.22. The number of carboxylic acids is 2. The van der Waals surface area contributed by atoms with Gasteiger partial charge in [0, 0.05) is 27.5 Å². The van der Waals surface area contributed by atoms with Crippen molar-refractivity contribution in [2.24, 2.45) is 0 Å². The first kappa shape index (κ1) is 19.1. The van der Waals surface area contributed by atoms with Gasteiger partial charge in [-0.2, -0.15) is 0 Å². The number of anilines is 1. The fourth-order valence-electron chi connectivity index (χ4n) is 2.70. The summed E-state index contributed by atoms with van der Waals surface area (Å²) in [5, 5.41) is 18.7. The Hall–Kier alpha value is -3.65. The topological polar surface area (TPSA) is 129 Å². The molecule has 0 aliphatic rings. The van der Waals surface area contributed by atoms with Crippen LogP contribution in [0.5, 0.6) is 0 Å². The first-order valence-electron chi connectivity index (χ1n) is 8.27. The number of aromatic carboxylic acids is 1. The minimum Gasteiger partial charge on any atom is -0.481 e. The maximum Gasteiger partial charge on any atom is 0.337 e. The van der Waals surface area contributed by atoms with Crippen LogP contribution in [0.2, 0.25) is 0 Å². The summed E-state index contributed by atoms with van der Waals surface area (Å²) in [6.07, 6.45) is 1.46. The Morgan fingerprint density at radius 1 is 1.04 bits per heavy atom. The lowest BCUT2D eigenvalue weighted by molar-refractivity contribution is -0.136. The molecule has 0 saturated carbocycles. The van der Waals surface area contributed by atoms with Crippen molar-refractivity contribution in [3.05, 3.63) is 71.2 Å². The summed E-state index contributed by atoms with van der Waals surface area (Å²) in [5.74, 6) is -1.77. The number of H-pyrrole nitrogens is 1. The van der Waals surface area contributed by atoms with Gasteiger partial charge in [0.1, 0.15) is 0 Å². The Morgan fingerprint density at radius 3 is 2.39 bits per heavy atom. The molecule has 2 aromatic carbocycles. The standard InChI is InChI=1S/C11H10N2O2S.C9H7NO2/c12-11-13-10(7-4-2-1-3-5-7)8(16-11)6-9(14)15;11-9(12)7-5-10-8-4-2-1-3-6(7)8/h1-5H,6H2,(H2,12,13)(H,14,15);1-5,10H,(H,11,12). The van der Waals surface area contributed by atoms with Crippen LogP contribution in [0.3, 0.4) is 0 Å². The van der Waals surface area contributed by atoms with Crippen molar-refractivity contribution in [3.63, 3.8) is 0 Å². The van der Waals surface area contributed by atoms with E-state index in [1.54, 1.807) is 6.07 Å². The van der Waals surface area contributed by atoms with Crippen molar-refractivity contribution < 1.29 is 19.8 Å². The smallest absolute Gasteiger partial charge is 0.337 e. The van der Waals surface area contributed by atoms with Crippen LogP contribution in [0, 0.1) is 0 Å². The second kappa shape index (κ2) is 8.36. The second-order valence-corrected chi connectivity index (χ2v) is 6.93. The SMILES string of the molecule is Nc1nc(-c2ccccc2)c(CC(=O)O)s1.O=C(O)c1c[nH]c2ccccc12. The minimum absolute atomic E-state index is 0.0426. The number of aliphatic carboxylic acids is 1. The van der Waals surface area contributed by atoms with Crippen molar-refractivity contribution in [2.75, 3.05) is 5.73 Å². The van der Waals surface area contributed by atoms with Crippen molar-refractivity contribution in [3.8, 4) is 11.3 Å². The molecule has 0 spiro atoms. The van der Waals surface area contributed by atoms with E-state index in [0.29, 0.717) is 21.3 Å². The number of nitrogen functional groups attached to an aromatic ring is 1. The molecule has 28 heavy (non-hydrogen) atoms. The number of carboxylic acid groups (broad SMARTS) is 2. The zero-order chi connectivity index (χ0) is 20.1. The lowest BCUT2D eigenvalue weighted by atomic mass is 10.1. The van der Waals surface area contributed by atoms with Gasteiger partial charge in [-0.25, -0.2) is 9.78 Å². The molecule has 5 N–H and O–H groups in total. The van der Waals surface area contributed by atoms with Crippen molar-refractivity contribution in [1.82, 2.24) is 9.97 Å². The average molecular weight is 395 g/mol. The number of para-hydroxylation sites is 1. The van der Waals surface area contributed by atoms with Gasteiger partial charge < -0.3 is 20.9 Å². The third-order valence-corrected chi connectivity index (χ3v) is 4.78. The van der Waals surface area contributed by atoms with Gasteiger partial charge in [-0.05, 0) is 6.07 Å². The molecule has 2 aromatic heterocycles. The number of aromatic amines is 1. The predicted octanol–water partition coefficient (Wildman–Crippen LogP) is 3.89. The highest BCUT2D eigenvalue weighted by molar-refractivity contribution is 7.15.